The Morgan fingerprint density at radius 3 is 2.77 bits per heavy atom. The summed E-state index contributed by atoms with van der Waals surface area (Å²) in [5.74, 6) is -0.0202. The lowest BCUT2D eigenvalue weighted by Crippen LogP contribution is -2.02. The van der Waals surface area contributed by atoms with Crippen LogP contribution < -0.4 is 0 Å². The van der Waals surface area contributed by atoms with Crippen molar-refractivity contribution in [1.82, 2.24) is 0 Å². The van der Waals surface area contributed by atoms with Crippen molar-refractivity contribution in [3.63, 3.8) is 0 Å². The predicted octanol–water partition coefficient (Wildman–Crippen LogP) is 4.18. The number of allylic oxidation sites excluding steroid dienone is 2. The number of carbonyl (C=O) groups is 1. The van der Waals surface area contributed by atoms with Crippen molar-refractivity contribution in [1.29, 1.82) is 5.26 Å². The van der Waals surface area contributed by atoms with Crippen LogP contribution in [0.2, 0.25) is 0 Å². The van der Waals surface area contributed by atoms with Crippen LogP contribution in [0.5, 0.6) is 0 Å². The SMILES string of the molecule is CCC/C(=C\Cc1ccc(C(=O)CBr)cc1C#N)CCCO. The summed E-state index contributed by atoms with van der Waals surface area (Å²) in [5.41, 5.74) is 3.38. The first-order chi connectivity index (χ1) is 10.7. The van der Waals surface area contributed by atoms with E-state index in [4.69, 9.17) is 5.11 Å². The number of hydrogen-bond donors (Lipinski definition) is 1. The van der Waals surface area contributed by atoms with Gasteiger partial charge < -0.3 is 5.11 Å². The van der Waals surface area contributed by atoms with Gasteiger partial charge in [-0.1, -0.05) is 53.1 Å². The van der Waals surface area contributed by atoms with Crippen LogP contribution in [0.1, 0.15) is 54.1 Å². The Labute approximate surface area is 140 Å². The highest BCUT2D eigenvalue weighted by Gasteiger charge is 2.08. The fraction of sp³-hybridized carbons (Fsp3) is 0.444. The van der Waals surface area contributed by atoms with E-state index in [2.05, 4.69) is 35.0 Å². The fourth-order valence-electron chi connectivity index (χ4n) is 2.32. The largest absolute Gasteiger partial charge is 0.396 e. The minimum absolute atomic E-state index is 0.0202. The van der Waals surface area contributed by atoms with E-state index in [1.165, 1.54) is 5.57 Å². The van der Waals surface area contributed by atoms with Crippen LogP contribution >= 0.6 is 15.9 Å². The van der Waals surface area contributed by atoms with Crippen molar-refractivity contribution in [3.05, 3.63) is 46.5 Å². The lowest BCUT2D eigenvalue weighted by Gasteiger charge is -2.07. The number of rotatable bonds is 9. The van der Waals surface area contributed by atoms with Gasteiger partial charge in [-0.15, -0.1) is 0 Å². The maximum Gasteiger partial charge on any atom is 0.173 e. The molecule has 0 aliphatic rings. The van der Waals surface area contributed by atoms with Crippen molar-refractivity contribution < 1.29 is 9.90 Å². The first-order valence-electron chi connectivity index (χ1n) is 7.57. The van der Waals surface area contributed by atoms with E-state index >= 15 is 0 Å². The Balaban J connectivity index is 2.92. The molecule has 1 rings (SSSR count). The zero-order valence-electron chi connectivity index (χ0n) is 12.9. The van der Waals surface area contributed by atoms with Crippen molar-refractivity contribution in [2.24, 2.45) is 0 Å². The molecule has 118 valence electrons. The summed E-state index contributed by atoms with van der Waals surface area (Å²) in [7, 11) is 0. The van der Waals surface area contributed by atoms with E-state index in [9.17, 15) is 10.1 Å². The van der Waals surface area contributed by atoms with Crippen LogP contribution in [0.4, 0.5) is 0 Å². The summed E-state index contributed by atoms with van der Waals surface area (Å²) in [6, 6.07) is 7.48. The average Bonchev–Trinajstić information content (AvgIpc) is 2.56. The van der Waals surface area contributed by atoms with Gasteiger partial charge in [0.2, 0.25) is 0 Å². The molecule has 1 N–H and O–H groups in total. The summed E-state index contributed by atoms with van der Waals surface area (Å²) in [6.45, 7) is 2.34. The Kier molecular flexibility index (Phi) is 8.72. The van der Waals surface area contributed by atoms with Gasteiger partial charge in [-0.2, -0.15) is 5.26 Å². The Bertz CT molecular complexity index is 573. The summed E-state index contributed by atoms with van der Waals surface area (Å²) >= 11 is 3.15. The maximum absolute atomic E-state index is 11.7. The van der Waals surface area contributed by atoms with E-state index in [0.29, 0.717) is 17.5 Å². The zero-order chi connectivity index (χ0) is 16.4. The molecule has 1 aromatic carbocycles. The number of aliphatic hydroxyl groups excluding tert-OH is 1. The second-order valence-electron chi connectivity index (χ2n) is 5.18. The Hall–Kier alpha value is -1.44. The van der Waals surface area contributed by atoms with Crippen LogP contribution in [0, 0.1) is 11.3 Å². The van der Waals surface area contributed by atoms with Crippen LogP contribution in [-0.4, -0.2) is 22.8 Å². The third-order valence-corrected chi connectivity index (χ3v) is 4.02. The lowest BCUT2D eigenvalue weighted by molar-refractivity contribution is 0.102. The van der Waals surface area contributed by atoms with Gasteiger partial charge in [-0.3, -0.25) is 4.79 Å². The molecule has 22 heavy (non-hydrogen) atoms. The van der Waals surface area contributed by atoms with Crippen LogP contribution in [0.3, 0.4) is 0 Å². The molecule has 0 spiro atoms. The summed E-state index contributed by atoms with van der Waals surface area (Å²) in [6.07, 6.45) is 6.60. The third kappa shape index (κ3) is 5.75. The molecule has 0 aromatic heterocycles. The minimum Gasteiger partial charge on any atom is -0.396 e. The minimum atomic E-state index is -0.0202. The number of benzene rings is 1. The second kappa shape index (κ2) is 10.3. The smallest absolute Gasteiger partial charge is 0.173 e. The van der Waals surface area contributed by atoms with E-state index in [-0.39, 0.29) is 17.7 Å². The number of nitriles is 1. The highest BCUT2D eigenvalue weighted by Crippen LogP contribution is 2.17. The average molecular weight is 364 g/mol. The monoisotopic (exact) mass is 363 g/mol. The van der Waals surface area contributed by atoms with Gasteiger partial charge in [0, 0.05) is 12.2 Å². The topological polar surface area (TPSA) is 61.1 Å². The number of alkyl halides is 1. The van der Waals surface area contributed by atoms with Gasteiger partial charge in [0.15, 0.2) is 5.78 Å². The number of ketones is 1. The third-order valence-electron chi connectivity index (χ3n) is 3.51. The number of carbonyl (C=O) groups excluding carboxylic acids is 1. The lowest BCUT2D eigenvalue weighted by atomic mass is 9.97. The molecule has 0 heterocycles. The van der Waals surface area contributed by atoms with Crippen LogP contribution in [-0.2, 0) is 6.42 Å². The highest BCUT2D eigenvalue weighted by molar-refractivity contribution is 9.09. The van der Waals surface area contributed by atoms with Crippen molar-refractivity contribution in [2.45, 2.75) is 39.0 Å². The maximum atomic E-state index is 11.7. The highest BCUT2D eigenvalue weighted by atomic mass is 79.9. The van der Waals surface area contributed by atoms with E-state index in [0.717, 1.165) is 31.2 Å². The van der Waals surface area contributed by atoms with Gasteiger partial charge in [-0.05, 0) is 37.3 Å². The van der Waals surface area contributed by atoms with Gasteiger partial charge in [0.05, 0.1) is 17.0 Å². The summed E-state index contributed by atoms with van der Waals surface area (Å²) < 4.78 is 0. The molecule has 0 saturated carbocycles. The molecule has 0 amide bonds. The van der Waals surface area contributed by atoms with Crippen molar-refractivity contribution in [3.8, 4) is 6.07 Å². The second-order valence-corrected chi connectivity index (χ2v) is 5.74. The van der Waals surface area contributed by atoms with Gasteiger partial charge >= 0.3 is 0 Å². The normalized spacial score (nSPS) is 11.3. The molecule has 0 aliphatic carbocycles. The van der Waals surface area contributed by atoms with Gasteiger partial charge in [0.25, 0.3) is 0 Å². The molecule has 0 unspecified atom stereocenters. The Morgan fingerprint density at radius 2 is 2.18 bits per heavy atom. The Morgan fingerprint density at radius 1 is 1.41 bits per heavy atom. The zero-order valence-corrected chi connectivity index (χ0v) is 14.5. The van der Waals surface area contributed by atoms with Crippen molar-refractivity contribution in [2.75, 3.05) is 11.9 Å². The number of Topliss-reactive ketones (excluding diaryl/α,β-unsaturated/α-hetero) is 1. The first kappa shape index (κ1) is 18.6. The van der Waals surface area contributed by atoms with E-state index in [1.54, 1.807) is 12.1 Å². The van der Waals surface area contributed by atoms with Gasteiger partial charge in [0.1, 0.15) is 0 Å². The number of aliphatic hydroxyl groups is 1. The van der Waals surface area contributed by atoms with E-state index < -0.39 is 0 Å². The summed E-state index contributed by atoms with van der Waals surface area (Å²) in [4.78, 5) is 11.7. The fourth-order valence-corrected chi connectivity index (χ4v) is 2.64. The molecule has 0 bridgehead atoms. The van der Waals surface area contributed by atoms with Crippen LogP contribution in [0.15, 0.2) is 29.8 Å². The molecule has 0 saturated heterocycles. The van der Waals surface area contributed by atoms with Crippen molar-refractivity contribution >= 4 is 21.7 Å². The molecular weight excluding hydrogens is 342 g/mol. The standard InChI is InChI=1S/C18H22BrNO2/c1-2-4-14(5-3-10-21)6-7-15-8-9-16(18(22)12-19)11-17(15)13-20/h6,8-9,11,21H,2-5,7,10,12H2,1H3/b14-6+. The molecule has 0 fully saturated rings. The molecule has 0 radical (unpaired) electrons. The predicted molar refractivity (Wildman–Crippen MR) is 92.3 cm³/mol. The molecular formula is C18H22BrNO2. The van der Waals surface area contributed by atoms with Gasteiger partial charge in [-0.25, -0.2) is 0 Å². The molecule has 0 atom stereocenters. The number of hydrogen-bond acceptors (Lipinski definition) is 3. The van der Waals surface area contributed by atoms with E-state index in [1.807, 2.05) is 6.07 Å². The quantitative estimate of drug-likeness (QED) is 0.406. The molecule has 0 aliphatic heterocycles. The number of halogens is 1. The summed E-state index contributed by atoms with van der Waals surface area (Å²) in [5, 5.41) is 18.5. The molecule has 3 nitrogen and oxygen atoms in total. The molecule has 1 aromatic rings. The number of nitrogens with zero attached hydrogens (tertiary/aromatic N) is 1. The van der Waals surface area contributed by atoms with Crippen LogP contribution in [0.25, 0.3) is 0 Å². The first-order valence-corrected chi connectivity index (χ1v) is 8.69. The molecule has 4 heteroatoms.